The summed E-state index contributed by atoms with van der Waals surface area (Å²) in [5.74, 6) is 0.730. The van der Waals surface area contributed by atoms with Crippen LogP contribution in [0.15, 0.2) is 24.5 Å². The number of hydrogen-bond acceptors (Lipinski definition) is 6. The van der Waals surface area contributed by atoms with Crippen LogP contribution in [0.1, 0.15) is 20.8 Å². The van der Waals surface area contributed by atoms with Crippen LogP contribution < -0.4 is 10.5 Å². The van der Waals surface area contributed by atoms with Gasteiger partial charge in [-0.3, -0.25) is 0 Å². The van der Waals surface area contributed by atoms with Gasteiger partial charge in [0.1, 0.15) is 11.4 Å². The smallest absolute Gasteiger partial charge is 0.435 e. The molecule has 2 heterocycles. The van der Waals surface area contributed by atoms with Crippen LogP contribution >= 0.6 is 0 Å². The SMILES string of the molecule is COc1nc(N)ccc1-c1cnn(C(=O)OC(C)(C)C)c1. The maximum atomic E-state index is 11.9. The third-order valence-corrected chi connectivity index (χ3v) is 2.55. The highest BCUT2D eigenvalue weighted by molar-refractivity contribution is 5.74. The number of anilines is 1. The van der Waals surface area contributed by atoms with Gasteiger partial charge in [0.15, 0.2) is 0 Å². The molecule has 2 N–H and O–H groups in total. The number of nitrogens with zero attached hydrogens (tertiary/aromatic N) is 3. The maximum absolute atomic E-state index is 11.9. The lowest BCUT2D eigenvalue weighted by Gasteiger charge is -2.18. The number of hydrogen-bond donors (Lipinski definition) is 1. The lowest BCUT2D eigenvalue weighted by atomic mass is 10.1. The Morgan fingerprint density at radius 2 is 2.05 bits per heavy atom. The molecule has 7 heteroatoms. The summed E-state index contributed by atoms with van der Waals surface area (Å²) >= 11 is 0. The van der Waals surface area contributed by atoms with Gasteiger partial charge >= 0.3 is 6.09 Å². The Kier molecular flexibility index (Phi) is 3.84. The first-order valence-corrected chi connectivity index (χ1v) is 6.39. The van der Waals surface area contributed by atoms with Crippen molar-refractivity contribution in [1.29, 1.82) is 0 Å². The van der Waals surface area contributed by atoms with Crippen molar-refractivity contribution in [1.82, 2.24) is 14.8 Å². The summed E-state index contributed by atoms with van der Waals surface area (Å²) in [4.78, 5) is 16.0. The fraction of sp³-hybridized carbons (Fsp3) is 0.357. The van der Waals surface area contributed by atoms with E-state index in [1.54, 1.807) is 45.3 Å². The molecule has 0 aliphatic rings. The Balaban J connectivity index is 2.30. The van der Waals surface area contributed by atoms with Gasteiger partial charge < -0.3 is 15.2 Å². The van der Waals surface area contributed by atoms with Crippen LogP contribution in [0, 0.1) is 0 Å². The third-order valence-electron chi connectivity index (χ3n) is 2.55. The molecular weight excluding hydrogens is 272 g/mol. The highest BCUT2D eigenvalue weighted by Gasteiger charge is 2.19. The minimum atomic E-state index is -0.580. The summed E-state index contributed by atoms with van der Waals surface area (Å²) in [7, 11) is 1.50. The molecule has 2 aromatic rings. The number of methoxy groups -OCH3 is 1. The number of carbonyl (C=O) groups excluding carboxylic acids is 1. The molecule has 0 radical (unpaired) electrons. The summed E-state index contributed by atoms with van der Waals surface area (Å²) in [5.41, 5.74) is 6.42. The minimum Gasteiger partial charge on any atom is -0.480 e. The number of rotatable bonds is 2. The number of aromatic nitrogens is 3. The number of ether oxygens (including phenoxy) is 2. The average Bonchev–Trinajstić information content (AvgIpc) is 2.86. The number of pyridine rings is 1. The Labute approximate surface area is 122 Å². The Morgan fingerprint density at radius 1 is 1.33 bits per heavy atom. The Bertz CT molecular complexity index is 658. The molecule has 2 aromatic heterocycles. The molecule has 0 spiro atoms. The second kappa shape index (κ2) is 5.43. The fourth-order valence-electron chi connectivity index (χ4n) is 1.70. The van der Waals surface area contributed by atoms with Gasteiger partial charge in [0.05, 0.1) is 13.3 Å². The first kappa shape index (κ1) is 14.8. The van der Waals surface area contributed by atoms with Crippen molar-refractivity contribution in [3.8, 4) is 17.0 Å². The van der Waals surface area contributed by atoms with Crippen LogP contribution in [0.25, 0.3) is 11.1 Å². The van der Waals surface area contributed by atoms with Crippen molar-refractivity contribution < 1.29 is 14.3 Å². The highest BCUT2D eigenvalue weighted by atomic mass is 16.6. The normalized spacial score (nSPS) is 11.2. The van der Waals surface area contributed by atoms with Gasteiger partial charge in [0.2, 0.25) is 5.88 Å². The van der Waals surface area contributed by atoms with E-state index in [1.807, 2.05) is 0 Å². The van der Waals surface area contributed by atoms with Gasteiger partial charge in [0, 0.05) is 17.3 Å². The molecule has 0 atom stereocenters. The van der Waals surface area contributed by atoms with Crippen LogP contribution in [0.2, 0.25) is 0 Å². The van der Waals surface area contributed by atoms with E-state index in [1.165, 1.54) is 7.11 Å². The Morgan fingerprint density at radius 3 is 2.67 bits per heavy atom. The number of carbonyl (C=O) groups is 1. The minimum absolute atomic E-state index is 0.357. The zero-order valence-electron chi connectivity index (χ0n) is 12.5. The largest absolute Gasteiger partial charge is 0.480 e. The van der Waals surface area contributed by atoms with E-state index in [2.05, 4.69) is 10.1 Å². The summed E-state index contributed by atoms with van der Waals surface area (Å²) in [5, 5.41) is 4.00. The van der Waals surface area contributed by atoms with E-state index in [-0.39, 0.29) is 0 Å². The Hall–Kier alpha value is -2.57. The zero-order chi connectivity index (χ0) is 15.6. The highest BCUT2D eigenvalue weighted by Crippen LogP contribution is 2.28. The van der Waals surface area contributed by atoms with Crippen LogP contribution in [0.4, 0.5) is 10.6 Å². The van der Waals surface area contributed by atoms with E-state index >= 15 is 0 Å². The molecule has 0 saturated heterocycles. The van der Waals surface area contributed by atoms with E-state index in [4.69, 9.17) is 15.2 Å². The summed E-state index contributed by atoms with van der Waals surface area (Å²) in [6.07, 6.45) is 2.56. The van der Waals surface area contributed by atoms with Gasteiger partial charge in [0.25, 0.3) is 0 Å². The molecule has 7 nitrogen and oxygen atoms in total. The molecule has 112 valence electrons. The van der Waals surface area contributed by atoms with Crippen LogP contribution in [-0.2, 0) is 4.74 Å². The monoisotopic (exact) mass is 290 g/mol. The molecule has 0 aromatic carbocycles. The third kappa shape index (κ3) is 3.50. The first-order chi connectivity index (χ1) is 9.80. The van der Waals surface area contributed by atoms with Crippen molar-refractivity contribution in [2.75, 3.05) is 12.8 Å². The zero-order valence-corrected chi connectivity index (χ0v) is 12.5. The molecule has 0 fully saturated rings. The van der Waals surface area contributed by atoms with E-state index < -0.39 is 11.7 Å². The lowest BCUT2D eigenvalue weighted by Crippen LogP contribution is -2.27. The van der Waals surface area contributed by atoms with Crippen molar-refractivity contribution >= 4 is 11.9 Å². The quantitative estimate of drug-likeness (QED) is 0.912. The molecular formula is C14H18N4O3. The molecule has 0 aliphatic heterocycles. The van der Waals surface area contributed by atoms with E-state index in [0.717, 1.165) is 4.68 Å². The summed E-state index contributed by atoms with van der Waals surface area (Å²) < 4.78 is 11.6. The predicted molar refractivity (Wildman–Crippen MR) is 78.1 cm³/mol. The summed E-state index contributed by atoms with van der Waals surface area (Å²) in [6, 6.07) is 3.42. The number of nitrogen functional groups attached to an aromatic ring is 1. The second-order valence-electron chi connectivity index (χ2n) is 5.45. The summed E-state index contributed by atoms with van der Waals surface area (Å²) in [6.45, 7) is 5.38. The maximum Gasteiger partial charge on any atom is 0.435 e. The van der Waals surface area contributed by atoms with Gasteiger partial charge in [-0.25, -0.2) is 4.79 Å². The second-order valence-corrected chi connectivity index (χ2v) is 5.45. The average molecular weight is 290 g/mol. The van der Waals surface area contributed by atoms with Crippen LogP contribution in [0.3, 0.4) is 0 Å². The molecule has 0 bridgehead atoms. The predicted octanol–water partition coefficient (Wildman–Crippen LogP) is 2.32. The molecule has 0 aliphatic carbocycles. The molecule has 21 heavy (non-hydrogen) atoms. The van der Waals surface area contributed by atoms with E-state index in [0.29, 0.717) is 22.8 Å². The molecule has 0 unspecified atom stereocenters. The standard InChI is InChI=1S/C14H18N4O3/c1-14(2,3)21-13(19)18-8-9(7-16-18)10-5-6-11(15)17-12(10)20-4/h5-8H,1-4H3,(H2,15,17). The fourth-order valence-corrected chi connectivity index (χ4v) is 1.70. The molecule has 0 amide bonds. The van der Waals surface area contributed by atoms with Crippen molar-refractivity contribution in [2.24, 2.45) is 0 Å². The van der Waals surface area contributed by atoms with Gasteiger partial charge in [-0.2, -0.15) is 14.8 Å². The van der Waals surface area contributed by atoms with Gasteiger partial charge in [-0.15, -0.1) is 0 Å². The molecule has 0 saturated carbocycles. The van der Waals surface area contributed by atoms with Crippen molar-refractivity contribution in [3.05, 3.63) is 24.5 Å². The van der Waals surface area contributed by atoms with Gasteiger partial charge in [-0.1, -0.05) is 0 Å². The van der Waals surface area contributed by atoms with Gasteiger partial charge in [-0.05, 0) is 32.9 Å². The first-order valence-electron chi connectivity index (χ1n) is 6.39. The van der Waals surface area contributed by atoms with Crippen LogP contribution in [0.5, 0.6) is 5.88 Å². The number of nitrogens with two attached hydrogens (primary N) is 1. The van der Waals surface area contributed by atoms with Crippen molar-refractivity contribution in [2.45, 2.75) is 26.4 Å². The molecule has 2 rings (SSSR count). The van der Waals surface area contributed by atoms with E-state index in [9.17, 15) is 4.79 Å². The topological polar surface area (TPSA) is 92.3 Å². The lowest BCUT2D eigenvalue weighted by molar-refractivity contribution is 0.0514. The van der Waals surface area contributed by atoms with Crippen molar-refractivity contribution in [3.63, 3.8) is 0 Å². The van der Waals surface area contributed by atoms with Crippen LogP contribution in [-0.4, -0.2) is 33.6 Å².